The van der Waals surface area contributed by atoms with E-state index in [4.69, 9.17) is 4.74 Å². The molecule has 0 amide bonds. The average Bonchev–Trinajstić information content (AvgIpc) is 2.37. The maximum Gasteiger partial charge on any atom is 0.316 e. The van der Waals surface area contributed by atoms with Gasteiger partial charge in [0.25, 0.3) is 0 Å². The number of carbonyl (C=O) groups is 1. The molecule has 0 spiro atoms. The molecule has 0 saturated carbocycles. The van der Waals surface area contributed by atoms with Crippen molar-refractivity contribution in [3.63, 3.8) is 0 Å². The number of rotatable bonds is 8. The van der Waals surface area contributed by atoms with E-state index in [0.717, 1.165) is 13.1 Å². The molecule has 0 bridgehead atoms. The van der Waals surface area contributed by atoms with Gasteiger partial charge in [0.2, 0.25) is 11.9 Å². The predicted octanol–water partition coefficient (Wildman–Crippen LogP) is 1.39. The first-order valence-corrected chi connectivity index (χ1v) is 7.20. The number of esters is 1. The summed E-state index contributed by atoms with van der Waals surface area (Å²) < 4.78 is 4.86. The van der Waals surface area contributed by atoms with Gasteiger partial charge in [-0.3, -0.25) is 4.79 Å². The normalized spacial score (nSPS) is 10.1. The molecule has 19 heavy (non-hydrogen) atoms. The third-order valence-corrected chi connectivity index (χ3v) is 2.73. The van der Waals surface area contributed by atoms with Crippen LogP contribution in [0.3, 0.4) is 0 Å². The summed E-state index contributed by atoms with van der Waals surface area (Å²) in [5, 5.41) is 6.55. The molecule has 0 saturated heterocycles. The Morgan fingerprint density at radius 3 is 2.16 bits per heavy atom. The van der Waals surface area contributed by atoms with Gasteiger partial charge in [-0.25, -0.2) is 0 Å². The number of hydrogen-bond donors (Lipinski definition) is 2. The quantitative estimate of drug-likeness (QED) is 0.547. The molecule has 1 aromatic heterocycles. The number of thioether (sulfide) groups is 1. The zero-order chi connectivity index (χ0) is 14.1. The maximum atomic E-state index is 11.3. The van der Waals surface area contributed by atoms with E-state index in [1.54, 1.807) is 6.92 Å². The van der Waals surface area contributed by atoms with Crippen LogP contribution in [0.2, 0.25) is 0 Å². The van der Waals surface area contributed by atoms with Crippen LogP contribution in [0.25, 0.3) is 0 Å². The van der Waals surface area contributed by atoms with E-state index in [1.807, 2.05) is 13.8 Å². The lowest BCUT2D eigenvalue weighted by Crippen LogP contribution is -2.11. The molecule has 0 unspecified atom stereocenters. The Labute approximate surface area is 117 Å². The Hall–Kier alpha value is -1.57. The summed E-state index contributed by atoms with van der Waals surface area (Å²) >= 11 is 1.23. The van der Waals surface area contributed by atoms with Crippen molar-refractivity contribution in [2.24, 2.45) is 0 Å². The van der Waals surface area contributed by atoms with Gasteiger partial charge in [-0.05, 0) is 20.8 Å². The van der Waals surface area contributed by atoms with Gasteiger partial charge in [0, 0.05) is 13.1 Å². The van der Waals surface area contributed by atoms with Crippen molar-refractivity contribution in [1.29, 1.82) is 0 Å². The van der Waals surface area contributed by atoms with Crippen LogP contribution in [0.4, 0.5) is 11.9 Å². The molecule has 0 radical (unpaired) electrons. The van der Waals surface area contributed by atoms with E-state index < -0.39 is 0 Å². The van der Waals surface area contributed by atoms with Gasteiger partial charge in [0.05, 0.1) is 12.4 Å². The molecule has 106 valence electrons. The molecule has 0 fully saturated rings. The smallest absolute Gasteiger partial charge is 0.316 e. The minimum Gasteiger partial charge on any atom is -0.465 e. The molecule has 0 aliphatic rings. The summed E-state index contributed by atoms with van der Waals surface area (Å²) in [4.78, 5) is 23.9. The number of carbonyl (C=O) groups excluding carboxylic acids is 1. The first-order chi connectivity index (χ1) is 9.19. The highest BCUT2D eigenvalue weighted by Gasteiger charge is 2.09. The fraction of sp³-hybridized carbons (Fsp3) is 0.636. The van der Waals surface area contributed by atoms with Crippen LogP contribution in [0.5, 0.6) is 0 Å². The summed E-state index contributed by atoms with van der Waals surface area (Å²) in [6, 6.07) is 0. The Morgan fingerprint density at radius 2 is 1.68 bits per heavy atom. The molecule has 0 aromatic carbocycles. The minimum absolute atomic E-state index is 0.189. The van der Waals surface area contributed by atoms with Crippen LogP contribution >= 0.6 is 11.8 Å². The first kappa shape index (κ1) is 15.5. The van der Waals surface area contributed by atoms with E-state index in [-0.39, 0.29) is 11.7 Å². The third kappa shape index (κ3) is 5.73. The fourth-order valence-electron chi connectivity index (χ4n) is 1.22. The molecule has 8 heteroatoms. The Kier molecular flexibility index (Phi) is 6.94. The van der Waals surface area contributed by atoms with E-state index in [2.05, 4.69) is 25.6 Å². The highest BCUT2D eigenvalue weighted by molar-refractivity contribution is 7.99. The van der Waals surface area contributed by atoms with E-state index >= 15 is 0 Å². The number of ether oxygens (including phenoxy) is 1. The number of nitrogens with one attached hydrogen (secondary N) is 2. The zero-order valence-electron chi connectivity index (χ0n) is 11.4. The minimum atomic E-state index is -0.275. The van der Waals surface area contributed by atoms with Crippen LogP contribution in [0.1, 0.15) is 20.8 Å². The molecule has 7 nitrogen and oxygen atoms in total. The molecular formula is C11H19N5O2S. The lowest BCUT2D eigenvalue weighted by Gasteiger charge is -2.07. The summed E-state index contributed by atoms with van der Waals surface area (Å²) in [6.07, 6.45) is 0. The van der Waals surface area contributed by atoms with Gasteiger partial charge in [-0.1, -0.05) is 11.8 Å². The number of hydrogen-bond acceptors (Lipinski definition) is 8. The second-order valence-electron chi connectivity index (χ2n) is 3.42. The molecule has 2 N–H and O–H groups in total. The van der Waals surface area contributed by atoms with Crippen molar-refractivity contribution in [2.75, 3.05) is 36.1 Å². The highest BCUT2D eigenvalue weighted by Crippen LogP contribution is 2.16. The Bertz CT molecular complexity index is 392. The van der Waals surface area contributed by atoms with E-state index in [1.165, 1.54) is 11.8 Å². The second-order valence-corrected chi connectivity index (χ2v) is 4.36. The predicted molar refractivity (Wildman–Crippen MR) is 75.5 cm³/mol. The number of anilines is 2. The largest absolute Gasteiger partial charge is 0.465 e. The monoisotopic (exact) mass is 285 g/mol. The van der Waals surface area contributed by atoms with Gasteiger partial charge in [0.1, 0.15) is 0 Å². The van der Waals surface area contributed by atoms with E-state index in [9.17, 15) is 4.79 Å². The zero-order valence-corrected chi connectivity index (χ0v) is 12.2. The number of aromatic nitrogens is 3. The lowest BCUT2D eigenvalue weighted by molar-refractivity contribution is -0.139. The van der Waals surface area contributed by atoms with Gasteiger partial charge in [-0.2, -0.15) is 15.0 Å². The van der Waals surface area contributed by atoms with Gasteiger partial charge in [0.15, 0.2) is 5.16 Å². The number of nitrogens with zero attached hydrogens (tertiary/aromatic N) is 3. The third-order valence-electron chi connectivity index (χ3n) is 1.91. The van der Waals surface area contributed by atoms with Gasteiger partial charge in [-0.15, -0.1) is 0 Å². The molecule has 1 aromatic rings. The molecule has 0 atom stereocenters. The summed E-state index contributed by atoms with van der Waals surface area (Å²) in [7, 11) is 0. The average molecular weight is 285 g/mol. The summed E-state index contributed by atoms with van der Waals surface area (Å²) in [5.74, 6) is 0.914. The SMILES string of the molecule is CCNc1nc(NCC)nc(SCC(=O)OCC)n1. The van der Waals surface area contributed by atoms with Crippen molar-refractivity contribution in [1.82, 2.24) is 15.0 Å². The Balaban J connectivity index is 2.72. The summed E-state index contributed by atoms with van der Waals surface area (Å²) in [5.41, 5.74) is 0. The first-order valence-electron chi connectivity index (χ1n) is 6.21. The van der Waals surface area contributed by atoms with E-state index in [0.29, 0.717) is 23.7 Å². The molecule has 0 aliphatic heterocycles. The van der Waals surface area contributed by atoms with Gasteiger partial charge < -0.3 is 15.4 Å². The summed E-state index contributed by atoms with van der Waals surface area (Å²) in [6.45, 7) is 7.51. The van der Waals surface area contributed by atoms with Crippen LogP contribution in [-0.4, -0.2) is 46.4 Å². The molecular weight excluding hydrogens is 266 g/mol. The molecule has 1 rings (SSSR count). The Morgan fingerprint density at radius 1 is 1.11 bits per heavy atom. The van der Waals surface area contributed by atoms with Crippen LogP contribution < -0.4 is 10.6 Å². The standard InChI is InChI=1S/C11H19N5O2S/c1-4-12-9-14-10(13-5-2)16-11(15-9)19-7-8(17)18-6-3/h4-7H2,1-3H3,(H2,12,13,14,15,16). The fourth-order valence-corrected chi connectivity index (χ4v) is 1.85. The van der Waals surface area contributed by atoms with Crippen LogP contribution in [0, 0.1) is 0 Å². The highest BCUT2D eigenvalue weighted by atomic mass is 32.2. The van der Waals surface area contributed by atoms with Crippen molar-refractivity contribution in [3.05, 3.63) is 0 Å². The van der Waals surface area contributed by atoms with Crippen LogP contribution in [0.15, 0.2) is 5.16 Å². The molecule has 0 aliphatic carbocycles. The van der Waals surface area contributed by atoms with Crippen molar-refractivity contribution in [2.45, 2.75) is 25.9 Å². The lowest BCUT2D eigenvalue weighted by atomic mass is 10.7. The second kappa shape index (κ2) is 8.52. The topological polar surface area (TPSA) is 89.0 Å². The maximum absolute atomic E-state index is 11.3. The molecule has 1 heterocycles. The van der Waals surface area contributed by atoms with Gasteiger partial charge >= 0.3 is 5.97 Å². The van der Waals surface area contributed by atoms with Crippen molar-refractivity contribution in [3.8, 4) is 0 Å². The van der Waals surface area contributed by atoms with Crippen molar-refractivity contribution < 1.29 is 9.53 Å². The van der Waals surface area contributed by atoms with Crippen molar-refractivity contribution >= 4 is 29.6 Å². The van der Waals surface area contributed by atoms with Crippen LogP contribution in [-0.2, 0) is 9.53 Å².